The van der Waals surface area contributed by atoms with Gasteiger partial charge in [-0.1, -0.05) is 29.8 Å². The zero-order valence-electron chi connectivity index (χ0n) is 17.8. The second kappa shape index (κ2) is 8.77. The third-order valence-electron chi connectivity index (χ3n) is 5.05. The smallest absolute Gasteiger partial charge is 0.295 e. The van der Waals surface area contributed by atoms with Gasteiger partial charge in [-0.25, -0.2) is 13.1 Å². The number of hydrogen-bond donors (Lipinski definition) is 2. The summed E-state index contributed by atoms with van der Waals surface area (Å²) in [6, 6.07) is 20.2. The van der Waals surface area contributed by atoms with Crippen LogP contribution in [0.4, 0.5) is 11.4 Å². The van der Waals surface area contributed by atoms with E-state index < -0.39 is 20.0 Å². The summed E-state index contributed by atoms with van der Waals surface area (Å²) >= 11 is 6.07. The highest BCUT2D eigenvalue weighted by molar-refractivity contribution is 7.93. The Hall–Kier alpha value is -3.80. The molecule has 2 N–H and O–H groups in total. The lowest BCUT2D eigenvalue weighted by molar-refractivity contribution is 0.484. The number of rotatable bonds is 7. The van der Waals surface area contributed by atoms with E-state index in [1.165, 1.54) is 36.4 Å². The average Bonchev–Trinajstić information content (AvgIpc) is 3.51. The molecule has 3 aromatic carbocycles. The second-order valence-corrected chi connectivity index (χ2v) is 11.2. The molecule has 35 heavy (non-hydrogen) atoms. The summed E-state index contributed by atoms with van der Waals surface area (Å²) in [6.45, 7) is 0. The van der Waals surface area contributed by atoms with E-state index in [1.807, 2.05) is 0 Å². The SMILES string of the molecule is O=S(=O)(Nc1ccc(Cl)cc1NS(=O)(=O)c1cc2ccccc2o1)c1ccc(-n2cccn2)cc1. The highest BCUT2D eigenvalue weighted by atomic mass is 35.5. The molecule has 0 aliphatic carbocycles. The molecule has 0 aliphatic rings. The first-order valence-electron chi connectivity index (χ1n) is 10.2. The van der Waals surface area contributed by atoms with Crippen molar-refractivity contribution in [3.05, 3.63) is 96.3 Å². The number of anilines is 2. The van der Waals surface area contributed by atoms with Crippen molar-refractivity contribution in [2.75, 3.05) is 9.44 Å². The summed E-state index contributed by atoms with van der Waals surface area (Å²) in [4.78, 5) is -0.0190. The molecule has 2 heterocycles. The molecule has 2 aromatic heterocycles. The quantitative estimate of drug-likeness (QED) is 0.310. The van der Waals surface area contributed by atoms with E-state index in [-0.39, 0.29) is 26.4 Å². The molecule has 5 rings (SSSR count). The minimum absolute atomic E-state index is 0.00904. The number of sulfonamides is 2. The third-order valence-corrected chi connectivity index (χ3v) is 7.89. The minimum atomic E-state index is -4.19. The van der Waals surface area contributed by atoms with E-state index in [4.69, 9.17) is 16.0 Å². The number of aromatic nitrogens is 2. The fourth-order valence-corrected chi connectivity index (χ4v) is 5.67. The maximum absolute atomic E-state index is 13.0. The van der Waals surface area contributed by atoms with Gasteiger partial charge in [-0.15, -0.1) is 0 Å². The standard InChI is InChI=1S/C23H17ClN4O5S2/c24-17-6-11-20(26-34(29,30)19-9-7-18(8-10-19)28-13-3-12-25-28)21(15-17)27-35(31,32)23-14-16-4-1-2-5-22(16)33-23/h1-15,26-27H. The first-order valence-corrected chi connectivity index (χ1v) is 13.5. The minimum Gasteiger partial charge on any atom is -0.443 e. The molecule has 0 atom stereocenters. The van der Waals surface area contributed by atoms with E-state index in [0.717, 1.165) is 0 Å². The van der Waals surface area contributed by atoms with E-state index in [0.29, 0.717) is 16.7 Å². The summed E-state index contributed by atoms with van der Waals surface area (Å²) in [5.74, 6) is 0. The molecule has 0 bridgehead atoms. The topological polar surface area (TPSA) is 123 Å². The molecule has 0 spiro atoms. The largest absolute Gasteiger partial charge is 0.443 e. The number of halogens is 1. The van der Waals surface area contributed by atoms with Crippen molar-refractivity contribution in [1.82, 2.24) is 9.78 Å². The summed E-state index contributed by atoms with van der Waals surface area (Å²) in [7, 11) is -8.24. The highest BCUT2D eigenvalue weighted by Gasteiger charge is 2.23. The van der Waals surface area contributed by atoms with Crippen LogP contribution in [0.5, 0.6) is 0 Å². The Morgan fingerprint density at radius 2 is 1.54 bits per heavy atom. The van der Waals surface area contributed by atoms with Crippen molar-refractivity contribution < 1.29 is 21.3 Å². The van der Waals surface area contributed by atoms with Gasteiger partial charge in [0.1, 0.15) is 5.58 Å². The van der Waals surface area contributed by atoms with Crippen LogP contribution in [0.15, 0.2) is 106 Å². The first-order chi connectivity index (χ1) is 16.7. The number of hydrogen-bond acceptors (Lipinski definition) is 6. The number of nitrogens with zero attached hydrogens (tertiary/aromatic N) is 2. The molecular formula is C23H17ClN4O5S2. The van der Waals surface area contributed by atoms with Crippen LogP contribution in [0, 0.1) is 0 Å². The first kappa shape index (κ1) is 23.0. The lowest BCUT2D eigenvalue weighted by Gasteiger charge is -2.14. The monoisotopic (exact) mass is 528 g/mol. The van der Waals surface area contributed by atoms with Crippen LogP contribution in [0.25, 0.3) is 16.7 Å². The number of nitrogens with one attached hydrogen (secondary N) is 2. The molecule has 0 fully saturated rings. The van der Waals surface area contributed by atoms with Crippen LogP contribution in [-0.2, 0) is 20.0 Å². The molecule has 0 amide bonds. The van der Waals surface area contributed by atoms with E-state index in [2.05, 4.69) is 14.5 Å². The van der Waals surface area contributed by atoms with Crippen LogP contribution in [0.2, 0.25) is 5.02 Å². The van der Waals surface area contributed by atoms with Crippen molar-refractivity contribution in [1.29, 1.82) is 0 Å². The molecule has 178 valence electrons. The Balaban J connectivity index is 1.44. The van der Waals surface area contributed by atoms with Crippen LogP contribution in [-0.4, -0.2) is 26.6 Å². The van der Waals surface area contributed by atoms with E-state index >= 15 is 0 Å². The van der Waals surface area contributed by atoms with Crippen LogP contribution < -0.4 is 9.44 Å². The Morgan fingerprint density at radius 3 is 2.26 bits per heavy atom. The van der Waals surface area contributed by atoms with Gasteiger partial charge in [0.05, 0.1) is 22.0 Å². The van der Waals surface area contributed by atoms with Gasteiger partial charge < -0.3 is 4.42 Å². The van der Waals surface area contributed by atoms with Crippen molar-refractivity contribution in [2.45, 2.75) is 9.99 Å². The molecular weight excluding hydrogens is 512 g/mol. The normalized spacial score (nSPS) is 12.0. The van der Waals surface area contributed by atoms with Crippen LogP contribution in [0.1, 0.15) is 0 Å². The van der Waals surface area contributed by atoms with Gasteiger partial charge in [0.2, 0.25) is 5.09 Å². The summed E-state index contributed by atoms with van der Waals surface area (Å²) in [5.41, 5.74) is 1.01. The zero-order valence-corrected chi connectivity index (χ0v) is 20.2. The Kier molecular flexibility index (Phi) is 5.75. The van der Waals surface area contributed by atoms with Gasteiger partial charge in [0, 0.05) is 28.9 Å². The molecule has 0 unspecified atom stereocenters. The van der Waals surface area contributed by atoms with Gasteiger partial charge in [0.25, 0.3) is 20.0 Å². The molecule has 0 aliphatic heterocycles. The van der Waals surface area contributed by atoms with Crippen molar-refractivity contribution >= 4 is 54.0 Å². The van der Waals surface area contributed by atoms with Crippen molar-refractivity contribution in [3.8, 4) is 5.69 Å². The second-order valence-electron chi connectivity index (χ2n) is 7.45. The van der Waals surface area contributed by atoms with Gasteiger partial charge >= 0.3 is 0 Å². The summed E-state index contributed by atoms with van der Waals surface area (Å²) in [5, 5.41) is 4.60. The number of para-hydroxylation sites is 1. The number of benzene rings is 3. The van der Waals surface area contributed by atoms with Gasteiger partial charge in [-0.2, -0.15) is 13.5 Å². The van der Waals surface area contributed by atoms with Crippen LogP contribution >= 0.6 is 11.6 Å². The lowest BCUT2D eigenvalue weighted by Crippen LogP contribution is -2.17. The van der Waals surface area contributed by atoms with Gasteiger partial charge in [-0.05, 0) is 54.6 Å². The maximum Gasteiger partial charge on any atom is 0.295 e. The Morgan fingerprint density at radius 1 is 0.800 bits per heavy atom. The number of furan rings is 1. The number of fused-ring (bicyclic) bond motifs is 1. The van der Waals surface area contributed by atoms with Gasteiger partial charge in [-0.3, -0.25) is 9.44 Å². The van der Waals surface area contributed by atoms with E-state index in [1.54, 1.807) is 59.5 Å². The lowest BCUT2D eigenvalue weighted by atomic mass is 10.3. The van der Waals surface area contributed by atoms with Crippen LogP contribution in [0.3, 0.4) is 0 Å². The molecule has 5 aromatic rings. The fourth-order valence-electron chi connectivity index (χ4n) is 3.38. The van der Waals surface area contributed by atoms with Crippen molar-refractivity contribution in [2.24, 2.45) is 0 Å². The van der Waals surface area contributed by atoms with Crippen molar-refractivity contribution in [3.63, 3.8) is 0 Å². The Labute approximate surface area is 206 Å². The fraction of sp³-hybridized carbons (Fsp3) is 0. The predicted octanol–water partition coefficient (Wildman–Crippen LogP) is 4.87. The summed E-state index contributed by atoms with van der Waals surface area (Å²) < 4.78 is 63.9. The third kappa shape index (κ3) is 4.74. The zero-order chi connectivity index (χ0) is 24.6. The molecule has 12 heteroatoms. The predicted molar refractivity (Wildman–Crippen MR) is 133 cm³/mol. The molecule has 0 radical (unpaired) electrons. The van der Waals surface area contributed by atoms with E-state index in [9.17, 15) is 16.8 Å². The molecule has 9 nitrogen and oxygen atoms in total. The average molecular weight is 529 g/mol. The highest BCUT2D eigenvalue weighted by Crippen LogP contribution is 2.31. The molecule has 0 saturated carbocycles. The molecule has 0 saturated heterocycles. The maximum atomic E-state index is 13.0. The van der Waals surface area contributed by atoms with Gasteiger partial charge in [0.15, 0.2) is 0 Å². The summed E-state index contributed by atoms with van der Waals surface area (Å²) in [6.07, 6.45) is 3.34. The Bertz CT molecular complexity index is 1700.